The highest BCUT2D eigenvalue weighted by Gasteiger charge is 2.28. The molecule has 1 aliphatic heterocycles. The number of nitrogens with zero attached hydrogens (tertiary/aromatic N) is 1. The van der Waals surface area contributed by atoms with Gasteiger partial charge in [0.15, 0.2) is 0 Å². The summed E-state index contributed by atoms with van der Waals surface area (Å²) in [4.78, 5) is 14.1. The molecule has 1 heterocycles. The van der Waals surface area contributed by atoms with Gasteiger partial charge in [-0.25, -0.2) is 4.79 Å². The quantitative estimate of drug-likeness (QED) is 0.887. The van der Waals surface area contributed by atoms with Gasteiger partial charge in [-0.3, -0.25) is 0 Å². The molecular formula is C16H24N2O2. The van der Waals surface area contributed by atoms with E-state index in [2.05, 4.69) is 19.2 Å². The fraction of sp³-hybridized carbons (Fsp3) is 0.562. The molecule has 2 N–H and O–H groups in total. The molecule has 2 amide bonds. The maximum absolute atomic E-state index is 12.3. The van der Waals surface area contributed by atoms with Crippen LogP contribution < -0.4 is 5.32 Å². The number of hydrogen-bond donors (Lipinski definition) is 2. The molecule has 1 aromatic carbocycles. The van der Waals surface area contributed by atoms with E-state index >= 15 is 0 Å². The van der Waals surface area contributed by atoms with Gasteiger partial charge in [-0.15, -0.1) is 0 Å². The average molecular weight is 276 g/mol. The number of carbonyl (C=O) groups is 1. The monoisotopic (exact) mass is 276 g/mol. The van der Waals surface area contributed by atoms with Crippen molar-refractivity contribution in [2.24, 2.45) is 11.8 Å². The van der Waals surface area contributed by atoms with Crippen LogP contribution in [0.5, 0.6) is 0 Å². The Morgan fingerprint density at radius 1 is 1.40 bits per heavy atom. The van der Waals surface area contributed by atoms with Crippen LogP contribution in [-0.4, -0.2) is 35.7 Å². The summed E-state index contributed by atoms with van der Waals surface area (Å²) in [6.45, 7) is 5.77. The summed E-state index contributed by atoms with van der Waals surface area (Å²) in [5, 5.41) is 12.3. The van der Waals surface area contributed by atoms with E-state index in [1.807, 2.05) is 30.3 Å². The Morgan fingerprint density at radius 3 is 2.65 bits per heavy atom. The molecule has 1 aromatic rings. The number of hydrogen-bond acceptors (Lipinski definition) is 2. The van der Waals surface area contributed by atoms with Crippen molar-refractivity contribution in [2.75, 3.05) is 19.7 Å². The lowest BCUT2D eigenvalue weighted by atomic mass is 9.96. The zero-order valence-electron chi connectivity index (χ0n) is 12.2. The summed E-state index contributed by atoms with van der Waals surface area (Å²) in [5.74, 6) is 0.563. The van der Waals surface area contributed by atoms with E-state index in [1.165, 1.54) is 0 Å². The Kier molecular flexibility index (Phi) is 5.01. The third-order valence-electron chi connectivity index (χ3n) is 3.94. The van der Waals surface area contributed by atoms with Crippen molar-refractivity contribution in [3.8, 4) is 0 Å². The first-order chi connectivity index (χ1) is 9.61. The van der Waals surface area contributed by atoms with Crippen LogP contribution in [0.15, 0.2) is 30.3 Å². The first-order valence-electron chi connectivity index (χ1n) is 7.33. The summed E-state index contributed by atoms with van der Waals surface area (Å²) < 4.78 is 0. The number of likely N-dealkylation sites (tertiary alicyclic amines) is 1. The zero-order valence-corrected chi connectivity index (χ0v) is 12.2. The van der Waals surface area contributed by atoms with Gasteiger partial charge in [-0.05, 0) is 17.9 Å². The van der Waals surface area contributed by atoms with Gasteiger partial charge in [0.05, 0.1) is 6.04 Å². The maximum atomic E-state index is 12.3. The molecule has 2 unspecified atom stereocenters. The molecule has 110 valence electrons. The minimum absolute atomic E-state index is 0.0245. The number of aliphatic hydroxyl groups is 1. The van der Waals surface area contributed by atoms with Crippen LogP contribution in [-0.2, 0) is 0 Å². The van der Waals surface area contributed by atoms with Gasteiger partial charge >= 0.3 is 6.03 Å². The molecule has 2 atom stereocenters. The van der Waals surface area contributed by atoms with E-state index in [4.69, 9.17) is 5.11 Å². The van der Waals surface area contributed by atoms with E-state index < -0.39 is 0 Å². The van der Waals surface area contributed by atoms with E-state index in [1.54, 1.807) is 4.90 Å². The number of carbonyl (C=O) groups excluding carboxylic acids is 1. The minimum Gasteiger partial charge on any atom is -0.396 e. The Bertz CT molecular complexity index is 433. The lowest BCUT2D eigenvalue weighted by Crippen LogP contribution is -2.42. The highest BCUT2D eigenvalue weighted by molar-refractivity contribution is 5.75. The Balaban J connectivity index is 2.00. The highest BCUT2D eigenvalue weighted by atomic mass is 16.3. The van der Waals surface area contributed by atoms with Crippen molar-refractivity contribution >= 4 is 6.03 Å². The number of nitrogens with one attached hydrogen (secondary N) is 1. The molecule has 0 radical (unpaired) electrons. The standard InChI is InChI=1S/C16H24N2O2/c1-12(2)15(14-6-4-3-5-7-14)17-16(20)18-9-8-13(10-18)11-19/h3-7,12-13,15,19H,8-11H2,1-2H3,(H,17,20). The highest BCUT2D eigenvalue weighted by Crippen LogP contribution is 2.23. The van der Waals surface area contributed by atoms with E-state index in [9.17, 15) is 4.79 Å². The third-order valence-corrected chi connectivity index (χ3v) is 3.94. The number of amides is 2. The van der Waals surface area contributed by atoms with Gasteiger partial charge in [0.25, 0.3) is 0 Å². The van der Waals surface area contributed by atoms with Crippen molar-refractivity contribution in [1.29, 1.82) is 0 Å². The van der Waals surface area contributed by atoms with Gasteiger partial charge in [-0.2, -0.15) is 0 Å². The number of rotatable bonds is 4. The van der Waals surface area contributed by atoms with Crippen molar-refractivity contribution < 1.29 is 9.90 Å². The lowest BCUT2D eigenvalue weighted by molar-refractivity contribution is 0.192. The second-order valence-corrected chi connectivity index (χ2v) is 5.87. The second-order valence-electron chi connectivity index (χ2n) is 5.87. The summed E-state index contributed by atoms with van der Waals surface area (Å²) in [6, 6.07) is 10.1. The molecule has 20 heavy (non-hydrogen) atoms. The predicted molar refractivity (Wildman–Crippen MR) is 79.3 cm³/mol. The summed E-state index contributed by atoms with van der Waals surface area (Å²) in [7, 11) is 0. The SMILES string of the molecule is CC(C)C(NC(=O)N1CCC(CO)C1)c1ccccc1. The van der Waals surface area contributed by atoms with E-state index in [0.29, 0.717) is 12.5 Å². The molecule has 1 saturated heterocycles. The van der Waals surface area contributed by atoms with Gasteiger partial charge in [0, 0.05) is 25.6 Å². The van der Waals surface area contributed by atoms with Crippen LogP contribution >= 0.6 is 0 Å². The summed E-state index contributed by atoms with van der Waals surface area (Å²) in [6.07, 6.45) is 0.890. The summed E-state index contributed by atoms with van der Waals surface area (Å²) in [5.41, 5.74) is 1.13. The molecule has 4 nitrogen and oxygen atoms in total. The van der Waals surface area contributed by atoms with Crippen molar-refractivity contribution in [1.82, 2.24) is 10.2 Å². The normalized spacial score (nSPS) is 20.2. The van der Waals surface area contributed by atoms with Gasteiger partial charge in [-0.1, -0.05) is 44.2 Å². The van der Waals surface area contributed by atoms with Crippen LogP contribution in [0.1, 0.15) is 31.9 Å². The fourth-order valence-corrected chi connectivity index (χ4v) is 2.69. The molecule has 1 fully saturated rings. The minimum atomic E-state index is -0.0245. The largest absolute Gasteiger partial charge is 0.396 e. The molecule has 0 spiro atoms. The van der Waals surface area contributed by atoms with E-state index in [-0.39, 0.29) is 24.6 Å². The first-order valence-corrected chi connectivity index (χ1v) is 7.33. The third kappa shape index (κ3) is 3.51. The molecule has 4 heteroatoms. The summed E-state index contributed by atoms with van der Waals surface area (Å²) >= 11 is 0. The van der Waals surface area contributed by atoms with Gasteiger partial charge in [0.2, 0.25) is 0 Å². The molecule has 0 aliphatic carbocycles. The Labute approximate surface area is 120 Å². The first kappa shape index (κ1) is 14.9. The fourth-order valence-electron chi connectivity index (χ4n) is 2.69. The molecule has 0 saturated carbocycles. The van der Waals surface area contributed by atoms with Crippen LogP contribution in [0.3, 0.4) is 0 Å². The van der Waals surface area contributed by atoms with Crippen molar-refractivity contribution in [3.05, 3.63) is 35.9 Å². The molecule has 0 aromatic heterocycles. The predicted octanol–water partition coefficient (Wildman–Crippen LogP) is 2.41. The second kappa shape index (κ2) is 6.75. The van der Waals surface area contributed by atoms with Crippen LogP contribution in [0, 0.1) is 11.8 Å². The average Bonchev–Trinajstić information content (AvgIpc) is 2.94. The van der Waals surface area contributed by atoms with Crippen molar-refractivity contribution in [3.63, 3.8) is 0 Å². The maximum Gasteiger partial charge on any atom is 0.317 e. The Morgan fingerprint density at radius 2 is 2.10 bits per heavy atom. The molecule has 2 rings (SSSR count). The topological polar surface area (TPSA) is 52.6 Å². The number of benzene rings is 1. The molecule has 0 bridgehead atoms. The van der Waals surface area contributed by atoms with Gasteiger partial charge < -0.3 is 15.3 Å². The van der Waals surface area contributed by atoms with Gasteiger partial charge in [0.1, 0.15) is 0 Å². The van der Waals surface area contributed by atoms with Crippen molar-refractivity contribution in [2.45, 2.75) is 26.3 Å². The van der Waals surface area contributed by atoms with E-state index in [0.717, 1.165) is 18.5 Å². The molecular weight excluding hydrogens is 252 g/mol. The van der Waals surface area contributed by atoms with Crippen LogP contribution in [0.4, 0.5) is 4.79 Å². The zero-order chi connectivity index (χ0) is 14.5. The molecule has 1 aliphatic rings. The lowest BCUT2D eigenvalue weighted by Gasteiger charge is -2.26. The number of aliphatic hydroxyl groups excluding tert-OH is 1. The smallest absolute Gasteiger partial charge is 0.317 e. The Hall–Kier alpha value is -1.55. The van der Waals surface area contributed by atoms with Crippen LogP contribution in [0.2, 0.25) is 0 Å². The van der Waals surface area contributed by atoms with Crippen LogP contribution in [0.25, 0.3) is 0 Å². The number of urea groups is 1.